The smallest absolute Gasteiger partial charge is 0.404 e. The van der Waals surface area contributed by atoms with Crippen LogP contribution in [0.3, 0.4) is 0 Å². The Labute approximate surface area is 145 Å². The molecular formula is C16H22N4O5. The zero-order chi connectivity index (χ0) is 18.8. The van der Waals surface area contributed by atoms with Gasteiger partial charge in [0, 0.05) is 5.69 Å². The molecule has 5 N–H and O–H groups in total. The number of rotatable bonds is 9. The molecule has 0 aliphatic rings. The molecule has 25 heavy (non-hydrogen) atoms. The molecular weight excluding hydrogens is 328 g/mol. The summed E-state index contributed by atoms with van der Waals surface area (Å²) in [4.78, 5) is 44.8. The van der Waals surface area contributed by atoms with E-state index in [1.165, 1.54) is 0 Å². The third-order valence-electron chi connectivity index (χ3n) is 3.24. The lowest BCUT2D eigenvalue weighted by atomic mass is 10.0. The number of anilines is 1. The lowest BCUT2D eigenvalue weighted by Crippen LogP contribution is -2.48. The Morgan fingerprint density at radius 2 is 1.84 bits per heavy atom. The van der Waals surface area contributed by atoms with Gasteiger partial charge in [-0.3, -0.25) is 14.4 Å². The average molecular weight is 350 g/mol. The van der Waals surface area contributed by atoms with Gasteiger partial charge >= 0.3 is 6.09 Å². The van der Waals surface area contributed by atoms with Gasteiger partial charge < -0.3 is 26.4 Å². The lowest BCUT2D eigenvalue weighted by Gasteiger charge is -2.19. The number of hydrogen-bond donors (Lipinski definition) is 4. The highest BCUT2D eigenvalue weighted by atomic mass is 16.5. The van der Waals surface area contributed by atoms with E-state index in [1.54, 1.807) is 38.1 Å². The van der Waals surface area contributed by atoms with E-state index >= 15 is 0 Å². The molecule has 1 unspecified atom stereocenters. The summed E-state index contributed by atoms with van der Waals surface area (Å²) in [6, 6.07) is 5.89. The van der Waals surface area contributed by atoms with Crippen molar-refractivity contribution < 1.29 is 23.9 Å². The summed E-state index contributed by atoms with van der Waals surface area (Å²) in [7, 11) is 0. The van der Waals surface area contributed by atoms with E-state index in [4.69, 9.17) is 5.73 Å². The number of nitrogens with one attached hydrogen (secondary N) is 3. The number of benzene rings is 1. The maximum atomic E-state index is 11.9. The molecule has 0 spiro atoms. The van der Waals surface area contributed by atoms with E-state index in [-0.39, 0.29) is 19.1 Å². The van der Waals surface area contributed by atoms with Crippen molar-refractivity contribution in [3.8, 4) is 0 Å². The largest absolute Gasteiger partial charge is 0.445 e. The number of hydrogen-bond acceptors (Lipinski definition) is 5. The molecule has 4 amide bonds. The minimum atomic E-state index is -0.864. The molecule has 0 heterocycles. The predicted molar refractivity (Wildman–Crippen MR) is 90.3 cm³/mol. The minimum absolute atomic E-state index is 0.0416. The highest BCUT2D eigenvalue weighted by Gasteiger charge is 2.21. The van der Waals surface area contributed by atoms with Gasteiger partial charge in [0.2, 0.25) is 18.2 Å². The fourth-order valence-corrected chi connectivity index (χ4v) is 1.97. The molecule has 9 heteroatoms. The zero-order valence-electron chi connectivity index (χ0n) is 14.1. The van der Waals surface area contributed by atoms with E-state index < -0.39 is 23.9 Å². The second-order valence-corrected chi connectivity index (χ2v) is 5.58. The Balaban J connectivity index is 2.47. The third-order valence-corrected chi connectivity index (χ3v) is 3.24. The van der Waals surface area contributed by atoms with Gasteiger partial charge in [0.05, 0.1) is 6.54 Å². The molecule has 1 aromatic rings. The molecule has 136 valence electrons. The second-order valence-electron chi connectivity index (χ2n) is 5.58. The normalized spacial score (nSPS) is 11.3. The standard InChI is InChI=1S/C16H22N4O5/c1-10(2)14(19-9-21)15(23)18-7-13(22)20-12-5-3-11(4-6-12)8-25-16(17)24/h3-6,9-10,14H,7-8H2,1-2H3,(H2,17,24)(H,18,23)(H,19,21)(H,20,22). The fraction of sp³-hybridized carbons (Fsp3) is 0.375. The number of primary amides is 1. The molecule has 0 saturated carbocycles. The van der Waals surface area contributed by atoms with Crippen LogP contribution in [0.25, 0.3) is 0 Å². The number of nitrogens with two attached hydrogens (primary N) is 1. The van der Waals surface area contributed by atoms with Crippen LogP contribution >= 0.6 is 0 Å². The quantitative estimate of drug-likeness (QED) is 0.468. The first-order valence-electron chi connectivity index (χ1n) is 7.62. The highest BCUT2D eigenvalue weighted by molar-refractivity contribution is 5.95. The van der Waals surface area contributed by atoms with Crippen molar-refractivity contribution in [1.29, 1.82) is 0 Å². The van der Waals surface area contributed by atoms with Crippen LogP contribution < -0.4 is 21.7 Å². The van der Waals surface area contributed by atoms with Crippen molar-refractivity contribution in [1.82, 2.24) is 10.6 Å². The molecule has 0 aromatic heterocycles. The van der Waals surface area contributed by atoms with Crippen LogP contribution in [-0.2, 0) is 25.7 Å². The van der Waals surface area contributed by atoms with Crippen LogP contribution in [-0.4, -0.2) is 36.9 Å². The summed E-state index contributed by atoms with van der Waals surface area (Å²) in [6.07, 6.45) is -0.412. The minimum Gasteiger partial charge on any atom is -0.445 e. The van der Waals surface area contributed by atoms with Gasteiger partial charge in [-0.1, -0.05) is 26.0 Å². The fourth-order valence-electron chi connectivity index (χ4n) is 1.97. The van der Waals surface area contributed by atoms with Gasteiger partial charge in [-0.15, -0.1) is 0 Å². The summed E-state index contributed by atoms with van der Waals surface area (Å²) in [6.45, 7) is 3.38. The Bertz CT molecular complexity index is 615. The van der Waals surface area contributed by atoms with E-state index in [0.29, 0.717) is 17.7 Å². The number of carbonyl (C=O) groups is 4. The summed E-state index contributed by atoms with van der Waals surface area (Å²) >= 11 is 0. The van der Waals surface area contributed by atoms with Crippen LogP contribution in [0.4, 0.5) is 10.5 Å². The molecule has 0 aliphatic heterocycles. The van der Waals surface area contributed by atoms with Crippen LogP contribution in [0.2, 0.25) is 0 Å². The van der Waals surface area contributed by atoms with Crippen molar-refractivity contribution in [3.63, 3.8) is 0 Å². The van der Waals surface area contributed by atoms with E-state index in [1.807, 2.05) is 0 Å². The first kappa shape index (κ1) is 19.9. The molecule has 0 aliphatic carbocycles. The number of carbonyl (C=O) groups excluding carboxylic acids is 4. The van der Waals surface area contributed by atoms with E-state index in [9.17, 15) is 19.2 Å². The van der Waals surface area contributed by atoms with Crippen LogP contribution in [0.1, 0.15) is 19.4 Å². The molecule has 1 rings (SSSR count). The van der Waals surface area contributed by atoms with Gasteiger partial charge in [0.25, 0.3) is 0 Å². The van der Waals surface area contributed by atoms with E-state index in [0.717, 1.165) is 0 Å². The van der Waals surface area contributed by atoms with Crippen molar-refractivity contribution >= 4 is 30.0 Å². The van der Waals surface area contributed by atoms with Gasteiger partial charge in [0.1, 0.15) is 12.6 Å². The highest BCUT2D eigenvalue weighted by Crippen LogP contribution is 2.10. The summed E-state index contributed by atoms with van der Waals surface area (Å²) < 4.78 is 4.65. The monoisotopic (exact) mass is 350 g/mol. The van der Waals surface area contributed by atoms with Crippen molar-refractivity contribution in [2.24, 2.45) is 11.7 Å². The Hall–Kier alpha value is -3.10. The molecule has 1 atom stereocenters. The molecule has 1 aromatic carbocycles. The van der Waals surface area contributed by atoms with Crippen molar-refractivity contribution in [2.45, 2.75) is 26.5 Å². The van der Waals surface area contributed by atoms with Gasteiger partial charge in [-0.2, -0.15) is 0 Å². The second kappa shape index (κ2) is 9.91. The molecule has 0 fully saturated rings. The average Bonchev–Trinajstić information content (AvgIpc) is 2.56. The van der Waals surface area contributed by atoms with E-state index in [2.05, 4.69) is 20.7 Å². The third kappa shape index (κ3) is 7.34. The van der Waals surface area contributed by atoms with Crippen LogP contribution in [0, 0.1) is 5.92 Å². The molecule has 0 saturated heterocycles. The Morgan fingerprint density at radius 3 is 2.36 bits per heavy atom. The topological polar surface area (TPSA) is 140 Å². The van der Waals surface area contributed by atoms with Gasteiger partial charge in [0.15, 0.2) is 0 Å². The Kier molecular flexibility index (Phi) is 7.91. The molecule has 9 nitrogen and oxygen atoms in total. The number of amides is 4. The molecule has 0 radical (unpaired) electrons. The first-order chi connectivity index (χ1) is 11.8. The number of ether oxygens (including phenoxy) is 1. The summed E-state index contributed by atoms with van der Waals surface area (Å²) in [5.74, 6) is -0.956. The summed E-state index contributed by atoms with van der Waals surface area (Å²) in [5.41, 5.74) is 6.11. The maximum absolute atomic E-state index is 11.9. The lowest BCUT2D eigenvalue weighted by molar-refractivity contribution is -0.128. The first-order valence-corrected chi connectivity index (χ1v) is 7.62. The Morgan fingerprint density at radius 1 is 1.20 bits per heavy atom. The van der Waals surface area contributed by atoms with Gasteiger partial charge in [-0.25, -0.2) is 4.79 Å². The predicted octanol–water partition coefficient (Wildman–Crippen LogP) is 0.107. The molecule has 0 bridgehead atoms. The van der Waals surface area contributed by atoms with Crippen LogP contribution in [0.15, 0.2) is 24.3 Å². The van der Waals surface area contributed by atoms with Gasteiger partial charge in [-0.05, 0) is 23.6 Å². The summed E-state index contributed by atoms with van der Waals surface area (Å²) in [5, 5.41) is 7.50. The SMILES string of the molecule is CC(C)C(NC=O)C(=O)NCC(=O)Nc1ccc(COC(N)=O)cc1. The van der Waals surface area contributed by atoms with Crippen molar-refractivity contribution in [3.05, 3.63) is 29.8 Å². The maximum Gasteiger partial charge on any atom is 0.404 e. The zero-order valence-corrected chi connectivity index (χ0v) is 14.1. The van der Waals surface area contributed by atoms with Crippen molar-refractivity contribution in [2.75, 3.05) is 11.9 Å². The van der Waals surface area contributed by atoms with Crippen LogP contribution in [0.5, 0.6) is 0 Å².